The van der Waals surface area contributed by atoms with E-state index in [1.807, 2.05) is 0 Å². The number of rotatable bonds is 0. The molecule has 0 N–H and O–H groups in total. The molecule has 16 heavy (non-hydrogen) atoms. The zero-order valence-electron chi connectivity index (χ0n) is 7.80. The fourth-order valence-electron chi connectivity index (χ4n) is 1.14. The van der Waals surface area contributed by atoms with Gasteiger partial charge < -0.3 is 0 Å². The second-order valence-electron chi connectivity index (χ2n) is 3.13. The molecule has 0 bridgehead atoms. The SMILES string of the molecule is Cc1c(Br)cc(C(F)(F)F)cc1C(F)(F)F. The normalized spacial score (nSPS) is 13.0. The van der Waals surface area contributed by atoms with E-state index in [9.17, 15) is 26.3 Å². The van der Waals surface area contributed by atoms with Gasteiger partial charge in [0, 0.05) is 4.47 Å². The Morgan fingerprint density at radius 2 is 1.44 bits per heavy atom. The Hall–Kier alpha value is -0.720. The molecule has 1 rings (SSSR count). The summed E-state index contributed by atoms with van der Waals surface area (Å²) >= 11 is 2.68. The molecule has 90 valence electrons. The van der Waals surface area contributed by atoms with Gasteiger partial charge in [0.1, 0.15) is 0 Å². The fourth-order valence-corrected chi connectivity index (χ4v) is 1.60. The minimum Gasteiger partial charge on any atom is -0.166 e. The van der Waals surface area contributed by atoms with Gasteiger partial charge in [-0.25, -0.2) is 0 Å². The van der Waals surface area contributed by atoms with Crippen LogP contribution in [0.1, 0.15) is 16.7 Å². The lowest BCUT2D eigenvalue weighted by molar-refractivity contribution is -0.143. The van der Waals surface area contributed by atoms with E-state index in [1.165, 1.54) is 0 Å². The first-order valence-electron chi connectivity index (χ1n) is 3.98. The van der Waals surface area contributed by atoms with E-state index >= 15 is 0 Å². The second-order valence-corrected chi connectivity index (χ2v) is 3.98. The van der Waals surface area contributed by atoms with Gasteiger partial charge in [-0.05, 0) is 24.6 Å². The summed E-state index contributed by atoms with van der Waals surface area (Å²) in [5.74, 6) is 0. The van der Waals surface area contributed by atoms with E-state index in [0.717, 1.165) is 6.92 Å². The van der Waals surface area contributed by atoms with Crippen LogP contribution in [0.2, 0.25) is 0 Å². The molecule has 0 amide bonds. The van der Waals surface area contributed by atoms with Gasteiger partial charge in [0.15, 0.2) is 0 Å². The molecular formula is C9H5BrF6. The molecule has 1 aromatic carbocycles. The van der Waals surface area contributed by atoms with Crippen LogP contribution in [0.3, 0.4) is 0 Å². The van der Waals surface area contributed by atoms with Gasteiger partial charge in [-0.2, -0.15) is 26.3 Å². The van der Waals surface area contributed by atoms with Crippen LogP contribution in [0.5, 0.6) is 0 Å². The third-order valence-electron chi connectivity index (χ3n) is 1.98. The van der Waals surface area contributed by atoms with Crippen molar-refractivity contribution >= 4 is 15.9 Å². The Morgan fingerprint density at radius 1 is 0.938 bits per heavy atom. The first-order valence-corrected chi connectivity index (χ1v) is 4.77. The van der Waals surface area contributed by atoms with Gasteiger partial charge in [0.05, 0.1) is 11.1 Å². The van der Waals surface area contributed by atoms with Crippen molar-refractivity contribution < 1.29 is 26.3 Å². The van der Waals surface area contributed by atoms with Crippen LogP contribution in [-0.4, -0.2) is 0 Å². The number of hydrogen-bond donors (Lipinski definition) is 0. The summed E-state index contributed by atoms with van der Waals surface area (Å²) in [5.41, 5.74) is -2.87. The van der Waals surface area contributed by atoms with Crippen LogP contribution in [0, 0.1) is 6.92 Å². The lowest BCUT2D eigenvalue weighted by atomic mass is 10.0. The van der Waals surface area contributed by atoms with E-state index in [1.54, 1.807) is 0 Å². The molecule has 0 aliphatic rings. The lowest BCUT2D eigenvalue weighted by Gasteiger charge is -2.15. The molecule has 0 heterocycles. The van der Waals surface area contributed by atoms with Crippen molar-refractivity contribution in [2.45, 2.75) is 19.3 Å². The van der Waals surface area contributed by atoms with Crippen LogP contribution in [0.15, 0.2) is 16.6 Å². The summed E-state index contributed by atoms with van der Waals surface area (Å²) in [7, 11) is 0. The lowest BCUT2D eigenvalue weighted by Crippen LogP contribution is -2.12. The molecule has 0 unspecified atom stereocenters. The first-order chi connectivity index (χ1) is 7.03. The van der Waals surface area contributed by atoms with E-state index in [4.69, 9.17) is 0 Å². The highest BCUT2D eigenvalue weighted by molar-refractivity contribution is 9.10. The van der Waals surface area contributed by atoms with Crippen LogP contribution in [0.25, 0.3) is 0 Å². The molecule has 0 nitrogen and oxygen atoms in total. The highest BCUT2D eigenvalue weighted by Gasteiger charge is 2.38. The van der Waals surface area contributed by atoms with Crippen LogP contribution >= 0.6 is 15.9 Å². The van der Waals surface area contributed by atoms with Crippen molar-refractivity contribution in [1.29, 1.82) is 0 Å². The van der Waals surface area contributed by atoms with Crippen LogP contribution < -0.4 is 0 Å². The van der Waals surface area contributed by atoms with Crippen LogP contribution in [0.4, 0.5) is 26.3 Å². The Morgan fingerprint density at radius 3 is 1.81 bits per heavy atom. The van der Waals surface area contributed by atoms with Crippen LogP contribution in [-0.2, 0) is 12.4 Å². The maximum atomic E-state index is 12.4. The van der Waals surface area contributed by atoms with Gasteiger partial charge >= 0.3 is 12.4 Å². The van der Waals surface area contributed by atoms with Crippen molar-refractivity contribution in [3.63, 3.8) is 0 Å². The fraction of sp³-hybridized carbons (Fsp3) is 0.333. The molecule has 1 aromatic rings. The maximum Gasteiger partial charge on any atom is 0.416 e. The summed E-state index contributed by atoms with van der Waals surface area (Å²) in [6.45, 7) is 1.10. The monoisotopic (exact) mass is 306 g/mol. The predicted octanol–water partition coefficient (Wildman–Crippen LogP) is 4.80. The Bertz CT molecular complexity index is 404. The van der Waals surface area contributed by atoms with Crippen molar-refractivity contribution in [2.24, 2.45) is 0 Å². The van der Waals surface area contributed by atoms with Crippen molar-refractivity contribution in [2.75, 3.05) is 0 Å². The topological polar surface area (TPSA) is 0 Å². The van der Waals surface area contributed by atoms with E-state index in [2.05, 4.69) is 15.9 Å². The third-order valence-corrected chi connectivity index (χ3v) is 2.80. The number of halogens is 7. The molecule has 0 aliphatic heterocycles. The number of alkyl halides is 6. The largest absolute Gasteiger partial charge is 0.416 e. The molecule has 0 spiro atoms. The van der Waals surface area contributed by atoms with Crippen molar-refractivity contribution in [1.82, 2.24) is 0 Å². The molecular weight excluding hydrogens is 302 g/mol. The van der Waals surface area contributed by atoms with E-state index in [0.29, 0.717) is 6.07 Å². The zero-order chi connectivity index (χ0) is 12.7. The average Bonchev–Trinajstić information content (AvgIpc) is 2.05. The average molecular weight is 307 g/mol. The third kappa shape index (κ3) is 2.69. The number of hydrogen-bond acceptors (Lipinski definition) is 0. The first kappa shape index (κ1) is 13.3. The van der Waals surface area contributed by atoms with Gasteiger partial charge in [0.25, 0.3) is 0 Å². The van der Waals surface area contributed by atoms with Gasteiger partial charge in [-0.3, -0.25) is 0 Å². The maximum absolute atomic E-state index is 12.4. The Labute approximate surface area is 95.4 Å². The van der Waals surface area contributed by atoms with Crippen molar-refractivity contribution in [3.8, 4) is 0 Å². The minimum atomic E-state index is -4.80. The molecule has 0 aliphatic carbocycles. The highest BCUT2D eigenvalue weighted by atomic mass is 79.9. The Balaban J connectivity index is 3.46. The van der Waals surface area contributed by atoms with Gasteiger partial charge in [-0.15, -0.1) is 0 Å². The summed E-state index contributed by atoms with van der Waals surface area (Å²) < 4.78 is 73.9. The van der Waals surface area contributed by atoms with E-state index in [-0.39, 0.29) is 16.1 Å². The Kier molecular flexibility index (Phi) is 3.29. The van der Waals surface area contributed by atoms with Gasteiger partial charge in [-0.1, -0.05) is 15.9 Å². The molecule has 0 saturated carbocycles. The molecule has 0 aromatic heterocycles. The minimum absolute atomic E-state index is 0.111. The summed E-state index contributed by atoms with van der Waals surface area (Å²) in [5, 5.41) is 0. The highest BCUT2D eigenvalue weighted by Crippen LogP contribution is 2.39. The molecule has 0 fully saturated rings. The summed E-state index contributed by atoms with van der Waals surface area (Å²) in [6.07, 6.45) is -9.59. The van der Waals surface area contributed by atoms with Gasteiger partial charge in [0.2, 0.25) is 0 Å². The summed E-state index contributed by atoms with van der Waals surface area (Å²) in [4.78, 5) is 0. The quantitative estimate of drug-likeness (QED) is 0.604. The number of benzene rings is 1. The standard InChI is InChI=1S/C9H5BrF6/c1-4-6(9(14,15)16)2-5(3-7(4)10)8(11,12)13/h2-3H,1H3. The molecule has 0 saturated heterocycles. The second kappa shape index (κ2) is 3.94. The molecule has 7 heteroatoms. The molecule has 0 atom stereocenters. The van der Waals surface area contributed by atoms with E-state index < -0.39 is 23.5 Å². The smallest absolute Gasteiger partial charge is 0.166 e. The summed E-state index contributed by atoms with van der Waals surface area (Å²) in [6, 6.07) is 0.741. The molecule has 0 radical (unpaired) electrons. The van der Waals surface area contributed by atoms with Crippen molar-refractivity contribution in [3.05, 3.63) is 33.3 Å². The zero-order valence-corrected chi connectivity index (χ0v) is 9.39. The predicted molar refractivity (Wildman–Crippen MR) is 48.9 cm³/mol.